The van der Waals surface area contributed by atoms with Crippen LogP contribution < -0.4 is 4.74 Å². The van der Waals surface area contributed by atoms with E-state index >= 15 is 0 Å². The number of amides is 1. The van der Waals surface area contributed by atoms with Crippen LogP contribution in [0.4, 0.5) is 0 Å². The van der Waals surface area contributed by atoms with Gasteiger partial charge in [0.15, 0.2) is 6.61 Å². The summed E-state index contributed by atoms with van der Waals surface area (Å²) in [6.45, 7) is 7.53. The number of carbonyl (C=O) groups is 1. The summed E-state index contributed by atoms with van der Waals surface area (Å²) in [7, 11) is 2.01. The minimum atomic E-state index is 0.0259. The van der Waals surface area contributed by atoms with E-state index in [0.29, 0.717) is 13.1 Å². The SMILES string of the molecule is CCN(CC)C(=O)COc1cccc2cc(C)n(C)c12. The second-order valence-corrected chi connectivity index (χ2v) is 4.89. The normalized spacial score (nSPS) is 10.8. The summed E-state index contributed by atoms with van der Waals surface area (Å²) in [6, 6.07) is 8.05. The first-order valence-electron chi connectivity index (χ1n) is 7.04. The average molecular weight is 274 g/mol. The number of hydrogen-bond acceptors (Lipinski definition) is 2. The number of aryl methyl sites for hydroxylation is 2. The number of aromatic nitrogens is 1. The minimum absolute atomic E-state index is 0.0259. The fourth-order valence-corrected chi connectivity index (χ4v) is 2.44. The molecule has 0 aliphatic heterocycles. The number of hydrogen-bond donors (Lipinski definition) is 0. The van der Waals surface area contributed by atoms with Crippen LogP contribution in [-0.4, -0.2) is 35.1 Å². The fraction of sp³-hybridized carbons (Fsp3) is 0.438. The summed E-state index contributed by atoms with van der Waals surface area (Å²) in [6.07, 6.45) is 0. The second-order valence-electron chi connectivity index (χ2n) is 4.89. The standard InChI is InChI=1S/C16H22N2O2/c1-5-18(6-2)15(19)11-20-14-9-7-8-13-10-12(3)17(4)16(13)14/h7-10H,5-6,11H2,1-4H3. The van der Waals surface area contributed by atoms with Crippen LogP contribution in [0.1, 0.15) is 19.5 Å². The van der Waals surface area contributed by atoms with Gasteiger partial charge < -0.3 is 14.2 Å². The maximum Gasteiger partial charge on any atom is 0.260 e. The average Bonchev–Trinajstić information content (AvgIpc) is 2.74. The van der Waals surface area contributed by atoms with Crippen LogP contribution in [0.5, 0.6) is 5.75 Å². The Labute approximate surface area is 119 Å². The van der Waals surface area contributed by atoms with Gasteiger partial charge in [-0.1, -0.05) is 12.1 Å². The molecule has 1 aromatic heterocycles. The number of rotatable bonds is 5. The van der Waals surface area contributed by atoms with E-state index < -0.39 is 0 Å². The Kier molecular flexibility index (Phi) is 4.32. The van der Waals surface area contributed by atoms with Gasteiger partial charge in [0.25, 0.3) is 5.91 Å². The first-order chi connectivity index (χ1) is 9.58. The molecule has 0 aliphatic rings. The molecule has 0 atom stereocenters. The predicted octanol–water partition coefficient (Wildman–Crippen LogP) is 2.73. The molecular weight excluding hydrogens is 252 g/mol. The van der Waals surface area contributed by atoms with E-state index in [4.69, 9.17) is 4.74 Å². The van der Waals surface area contributed by atoms with Crippen LogP contribution in [0.15, 0.2) is 24.3 Å². The zero-order valence-electron chi connectivity index (χ0n) is 12.6. The van der Waals surface area contributed by atoms with Gasteiger partial charge in [0.1, 0.15) is 5.75 Å². The lowest BCUT2D eigenvalue weighted by atomic mass is 10.2. The van der Waals surface area contributed by atoms with Crippen LogP contribution in [-0.2, 0) is 11.8 Å². The number of para-hydroxylation sites is 1. The van der Waals surface area contributed by atoms with Crippen molar-refractivity contribution in [1.29, 1.82) is 0 Å². The van der Waals surface area contributed by atoms with Gasteiger partial charge in [0.2, 0.25) is 0 Å². The summed E-state index contributed by atoms with van der Waals surface area (Å²) in [5, 5.41) is 1.14. The molecule has 0 saturated carbocycles. The van der Waals surface area contributed by atoms with E-state index in [1.54, 1.807) is 4.90 Å². The molecule has 4 nitrogen and oxygen atoms in total. The number of nitrogens with zero attached hydrogens (tertiary/aromatic N) is 2. The van der Waals surface area contributed by atoms with E-state index in [2.05, 4.69) is 23.6 Å². The van der Waals surface area contributed by atoms with Crippen molar-refractivity contribution in [3.05, 3.63) is 30.0 Å². The monoisotopic (exact) mass is 274 g/mol. The largest absolute Gasteiger partial charge is 0.482 e. The van der Waals surface area contributed by atoms with Gasteiger partial charge in [-0.2, -0.15) is 0 Å². The third-order valence-electron chi connectivity index (χ3n) is 3.73. The zero-order valence-corrected chi connectivity index (χ0v) is 12.6. The molecule has 1 aromatic carbocycles. The number of likely N-dealkylation sites (N-methyl/N-ethyl adjacent to an activating group) is 1. The maximum atomic E-state index is 12.0. The molecule has 0 spiro atoms. The van der Waals surface area contributed by atoms with E-state index in [9.17, 15) is 4.79 Å². The van der Waals surface area contributed by atoms with Crippen molar-refractivity contribution in [2.24, 2.45) is 7.05 Å². The number of ether oxygens (including phenoxy) is 1. The highest BCUT2D eigenvalue weighted by molar-refractivity contribution is 5.87. The lowest BCUT2D eigenvalue weighted by Gasteiger charge is -2.19. The van der Waals surface area contributed by atoms with Gasteiger partial charge >= 0.3 is 0 Å². The van der Waals surface area contributed by atoms with Gasteiger partial charge in [-0.25, -0.2) is 0 Å². The summed E-state index contributed by atoms with van der Waals surface area (Å²) in [5.41, 5.74) is 2.21. The van der Waals surface area contributed by atoms with Crippen LogP contribution in [0.3, 0.4) is 0 Å². The maximum absolute atomic E-state index is 12.0. The molecule has 4 heteroatoms. The van der Waals surface area contributed by atoms with Crippen molar-refractivity contribution in [3.8, 4) is 5.75 Å². The Morgan fingerprint density at radius 1 is 1.30 bits per heavy atom. The second kappa shape index (κ2) is 5.99. The molecule has 0 bridgehead atoms. The molecule has 0 saturated heterocycles. The van der Waals surface area contributed by atoms with Gasteiger partial charge in [0.05, 0.1) is 5.52 Å². The first-order valence-corrected chi connectivity index (χ1v) is 7.04. The van der Waals surface area contributed by atoms with Crippen LogP contribution >= 0.6 is 0 Å². The van der Waals surface area contributed by atoms with Crippen LogP contribution in [0.2, 0.25) is 0 Å². The predicted molar refractivity (Wildman–Crippen MR) is 81.1 cm³/mol. The molecule has 20 heavy (non-hydrogen) atoms. The third-order valence-corrected chi connectivity index (χ3v) is 3.73. The zero-order chi connectivity index (χ0) is 14.7. The van der Waals surface area contributed by atoms with Crippen molar-refractivity contribution >= 4 is 16.8 Å². The van der Waals surface area contributed by atoms with E-state index in [0.717, 1.165) is 16.7 Å². The number of carbonyl (C=O) groups excluding carboxylic acids is 1. The Morgan fingerprint density at radius 2 is 2.00 bits per heavy atom. The van der Waals surface area contributed by atoms with Crippen LogP contribution in [0.25, 0.3) is 10.9 Å². The van der Waals surface area contributed by atoms with E-state index in [1.165, 1.54) is 5.69 Å². The highest BCUT2D eigenvalue weighted by atomic mass is 16.5. The summed E-state index contributed by atoms with van der Waals surface area (Å²) < 4.78 is 7.84. The summed E-state index contributed by atoms with van der Waals surface area (Å²) >= 11 is 0. The van der Waals surface area contributed by atoms with Gasteiger partial charge in [-0.3, -0.25) is 4.79 Å². The topological polar surface area (TPSA) is 34.5 Å². The Hall–Kier alpha value is -1.97. The molecule has 0 N–H and O–H groups in total. The molecule has 0 radical (unpaired) electrons. The molecule has 0 aliphatic carbocycles. The van der Waals surface area contributed by atoms with Crippen molar-refractivity contribution in [2.75, 3.05) is 19.7 Å². The van der Waals surface area contributed by atoms with Gasteiger partial charge in [0, 0.05) is 31.2 Å². The number of fused-ring (bicyclic) bond motifs is 1. The fourth-order valence-electron chi connectivity index (χ4n) is 2.44. The van der Waals surface area contributed by atoms with Crippen molar-refractivity contribution in [3.63, 3.8) is 0 Å². The molecule has 2 aromatic rings. The summed E-state index contributed by atoms with van der Waals surface area (Å²) in [4.78, 5) is 13.8. The third kappa shape index (κ3) is 2.64. The van der Waals surface area contributed by atoms with Crippen molar-refractivity contribution < 1.29 is 9.53 Å². The lowest BCUT2D eigenvalue weighted by Crippen LogP contribution is -2.34. The minimum Gasteiger partial charge on any atom is -0.482 e. The molecular formula is C16H22N2O2. The Bertz CT molecular complexity index is 612. The smallest absolute Gasteiger partial charge is 0.260 e. The molecule has 1 heterocycles. The summed E-state index contributed by atoms with van der Waals surface area (Å²) in [5.74, 6) is 0.788. The van der Waals surface area contributed by atoms with Crippen molar-refractivity contribution in [1.82, 2.24) is 9.47 Å². The van der Waals surface area contributed by atoms with E-state index in [-0.39, 0.29) is 12.5 Å². The lowest BCUT2D eigenvalue weighted by molar-refractivity contribution is -0.132. The highest BCUT2D eigenvalue weighted by Gasteiger charge is 2.13. The molecule has 108 valence electrons. The van der Waals surface area contributed by atoms with Crippen molar-refractivity contribution in [2.45, 2.75) is 20.8 Å². The Morgan fingerprint density at radius 3 is 2.65 bits per heavy atom. The molecule has 0 unspecified atom stereocenters. The quantitative estimate of drug-likeness (QED) is 0.840. The molecule has 1 amide bonds. The molecule has 2 rings (SSSR count). The first kappa shape index (κ1) is 14.4. The van der Waals surface area contributed by atoms with Gasteiger partial charge in [-0.05, 0) is 32.9 Å². The van der Waals surface area contributed by atoms with E-state index in [1.807, 2.05) is 33.0 Å². The Balaban J connectivity index is 2.20. The van der Waals surface area contributed by atoms with Crippen LogP contribution in [0, 0.1) is 6.92 Å². The molecule has 0 fully saturated rings. The van der Waals surface area contributed by atoms with Gasteiger partial charge in [-0.15, -0.1) is 0 Å². The number of benzene rings is 1. The highest BCUT2D eigenvalue weighted by Crippen LogP contribution is 2.27.